The highest BCUT2D eigenvalue weighted by molar-refractivity contribution is 6.28. The molecule has 5 N–H and O–H groups in total. The Labute approximate surface area is 771 Å². The number of nitrogens with one attached hydrogen (secondary N) is 2. The fourth-order valence-corrected chi connectivity index (χ4v) is 17.2. The van der Waals surface area contributed by atoms with Gasteiger partial charge in [0.05, 0.1) is 73.0 Å². The third-order valence-electron chi connectivity index (χ3n) is 24.0. The molecule has 128 heavy (non-hydrogen) atoms. The van der Waals surface area contributed by atoms with Crippen molar-refractivity contribution in [1.82, 2.24) is 29.8 Å². The number of alkyl halides is 1. The Morgan fingerprint density at radius 1 is 0.406 bits per heavy atom. The van der Waals surface area contributed by atoms with Crippen LogP contribution < -0.4 is 29.3 Å². The average Bonchev–Trinajstić information content (AvgIpc) is 1.33. The average molecular weight is 1800 g/mol. The van der Waals surface area contributed by atoms with E-state index in [2.05, 4.69) is 48.0 Å². The van der Waals surface area contributed by atoms with Gasteiger partial charge in [0.2, 0.25) is 29.5 Å². The molecule has 0 aromatic heterocycles. The van der Waals surface area contributed by atoms with Gasteiger partial charge in [-0.2, -0.15) is 0 Å². The molecule has 8 saturated heterocycles. The number of benzene rings is 6. The molecular formula is C103H157ClN7O17+. The van der Waals surface area contributed by atoms with Crippen molar-refractivity contribution in [2.45, 2.75) is 264 Å². The molecule has 712 valence electrons. The van der Waals surface area contributed by atoms with E-state index in [1.54, 1.807) is 79.8 Å². The number of nitrogens with zero attached hydrogens (tertiary/aromatic N) is 5. The van der Waals surface area contributed by atoms with Crippen LogP contribution in [0.2, 0.25) is 0 Å². The van der Waals surface area contributed by atoms with Crippen LogP contribution in [0.5, 0.6) is 23.0 Å². The summed E-state index contributed by atoms with van der Waals surface area (Å²) in [5, 5.41) is 29.5. The third kappa shape index (κ3) is 37.1. The van der Waals surface area contributed by atoms with Gasteiger partial charge in [-0.05, 0) is 217 Å². The van der Waals surface area contributed by atoms with Gasteiger partial charge in [-0.1, -0.05) is 137 Å². The van der Waals surface area contributed by atoms with E-state index >= 15 is 0 Å². The largest absolute Gasteiger partial charge is 0.497 e. The van der Waals surface area contributed by atoms with Gasteiger partial charge in [0.25, 0.3) is 0 Å². The zero-order valence-electron chi connectivity index (χ0n) is 78.8. The maximum atomic E-state index is 12.2. The summed E-state index contributed by atoms with van der Waals surface area (Å²) in [5.41, 5.74) is 5.14. The first-order chi connectivity index (χ1) is 61.4. The van der Waals surface area contributed by atoms with Crippen LogP contribution in [-0.4, -0.2) is 251 Å². The molecule has 25 heteroatoms. The van der Waals surface area contributed by atoms with Gasteiger partial charge in [0.15, 0.2) is 6.04 Å². The molecule has 7 atom stereocenters. The number of esters is 1. The van der Waals surface area contributed by atoms with Gasteiger partial charge in [-0.15, -0.1) is 11.6 Å². The number of likely N-dealkylation sites (tertiary alicyclic amines) is 5. The Kier molecular flexibility index (Phi) is 54.9. The lowest BCUT2D eigenvalue weighted by Gasteiger charge is -2.38. The zero-order valence-corrected chi connectivity index (χ0v) is 79.5. The highest BCUT2D eigenvalue weighted by Crippen LogP contribution is 2.45. The zero-order chi connectivity index (χ0) is 92.8. The Morgan fingerprint density at radius 3 is 0.961 bits per heavy atom. The minimum atomic E-state index is -0.856. The number of methoxy groups -OCH3 is 4. The van der Waals surface area contributed by atoms with Crippen molar-refractivity contribution in [2.75, 3.05) is 127 Å². The lowest BCUT2D eigenvalue weighted by Crippen LogP contribution is -2.74. The van der Waals surface area contributed by atoms with Crippen LogP contribution in [0.4, 0.5) is 0 Å². The molecule has 6 aromatic rings. The summed E-state index contributed by atoms with van der Waals surface area (Å²) < 4.78 is 42.6. The third-order valence-corrected chi connectivity index (χ3v) is 24.6. The molecule has 9 aliphatic heterocycles. The van der Waals surface area contributed by atoms with Crippen LogP contribution >= 0.6 is 11.6 Å². The van der Waals surface area contributed by atoms with Crippen molar-refractivity contribution >= 4 is 53.3 Å². The maximum Gasteiger partial charge on any atom is 0.302 e. The Morgan fingerprint density at radius 2 is 0.727 bits per heavy atom. The van der Waals surface area contributed by atoms with E-state index < -0.39 is 10.5 Å². The second-order valence-electron chi connectivity index (χ2n) is 32.6. The molecule has 9 aliphatic rings. The van der Waals surface area contributed by atoms with Gasteiger partial charge in [-0.3, -0.25) is 28.8 Å². The predicted octanol–water partition coefficient (Wildman–Crippen LogP) is 15.3. The summed E-state index contributed by atoms with van der Waals surface area (Å²) in [4.78, 5) is 77.2. The number of hydrogen-bond acceptors (Lipinski definition) is 18. The summed E-state index contributed by atoms with van der Waals surface area (Å²) in [6, 6.07) is 54.6. The van der Waals surface area contributed by atoms with E-state index in [0.717, 1.165) is 186 Å². The number of amides is 5. The number of rotatable bonds is 20. The fraction of sp³-hybridized carbons (Fsp3) is 0.583. The molecule has 0 radical (unpaired) electrons. The first-order valence-electron chi connectivity index (χ1n) is 46.2. The lowest BCUT2D eigenvalue weighted by molar-refractivity contribution is -0.492. The number of aliphatic hydroxyl groups excluding tert-OH is 3. The summed E-state index contributed by atoms with van der Waals surface area (Å²) in [7, 11) is 6.64. The van der Waals surface area contributed by atoms with Gasteiger partial charge >= 0.3 is 5.97 Å². The van der Waals surface area contributed by atoms with Gasteiger partial charge in [-0.25, -0.2) is 4.99 Å². The summed E-state index contributed by atoms with van der Waals surface area (Å²) in [6.07, 6.45) is 26.3. The molecule has 7 unspecified atom stereocenters. The SMILES string of the molecule is C.C1CCOC1.C1CCOC1.CC(=O)N1CCCC1CO.CC(=O)N1CCCC1CO.CCC1CCCN1.CCC1CCCN1C(C)=O.CCC1CCCN1C(C)=O.CCOC(C)=O.COc1ccc(C(Cl)(c2ccccc2)c2ccc(OC)cc2)cc1.COc1ccc(C(OCC2CCCN2C(C)=O)(c2ccccc2)c2ccc(OC)cc2)cc1.OCC1CCC=[NH+]1. The first kappa shape index (κ1) is 111. The van der Waals surface area contributed by atoms with Crippen LogP contribution in [0.3, 0.4) is 0 Å². The molecule has 0 spiro atoms. The van der Waals surface area contributed by atoms with E-state index in [0.29, 0.717) is 31.3 Å². The number of halogens is 1. The number of carbonyl (C=O) groups excluding carboxylic acids is 6. The number of hydrogen-bond donors (Lipinski definition) is 5. The summed E-state index contributed by atoms with van der Waals surface area (Å²) in [5.74, 6) is 3.71. The van der Waals surface area contributed by atoms with Crippen molar-refractivity contribution in [3.8, 4) is 23.0 Å². The lowest BCUT2D eigenvalue weighted by atomic mass is 9.80. The van der Waals surface area contributed by atoms with E-state index in [1.807, 2.05) is 167 Å². The van der Waals surface area contributed by atoms with E-state index in [4.69, 9.17) is 60.1 Å². The summed E-state index contributed by atoms with van der Waals surface area (Å²) >= 11 is 7.22. The smallest absolute Gasteiger partial charge is 0.302 e. The Balaban J connectivity index is 0.000000316. The predicted molar refractivity (Wildman–Crippen MR) is 511 cm³/mol. The normalized spacial score (nSPS) is 19.7. The topological polar surface area (TPSA) is 279 Å². The highest BCUT2D eigenvalue weighted by atomic mass is 35.5. The molecule has 0 saturated carbocycles. The molecule has 5 amide bonds. The quantitative estimate of drug-likeness (QED) is 0.0270. The van der Waals surface area contributed by atoms with Crippen LogP contribution in [0.25, 0.3) is 0 Å². The molecule has 9 heterocycles. The van der Waals surface area contributed by atoms with E-state index in [9.17, 15) is 28.8 Å². The van der Waals surface area contributed by atoms with Crippen LogP contribution in [-0.2, 0) is 58.2 Å². The Bertz CT molecular complexity index is 3780. The molecule has 15 rings (SSSR count). The first-order valence-corrected chi connectivity index (χ1v) is 46.6. The summed E-state index contributed by atoms with van der Waals surface area (Å²) in [6.45, 7) is 28.8. The van der Waals surface area contributed by atoms with Crippen molar-refractivity contribution in [3.63, 3.8) is 0 Å². The van der Waals surface area contributed by atoms with Crippen molar-refractivity contribution in [2.24, 2.45) is 0 Å². The molecular weight excluding hydrogens is 1640 g/mol. The van der Waals surface area contributed by atoms with Crippen molar-refractivity contribution < 1.29 is 87.0 Å². The maximum absolute atomic E-state index is 12.2. The number of aliphatic hydroxyl groups is 3. The second kappa shape index (κ2) is 63.1. The van der Waals surface area contributed by atoms with E-state index in [-0.39, 0.29) is 80.9 Å². The van der Waals surface area contributed by atoms with Gasteiger partial charge in [0.1, 0.15) is 46.3 Å². The van der Waals surface area contributed by atoms with Crippen LogP contribution in [0, 0.1) is 0 Å². The molecule has 6 aromatic carbocycles. The molecule has 0 aliphatic carbocycles. The molecule has 0 bridgehead atoms. The molecule has 24 nitrogen and oxygen atoms in total. The van der Waals surface area contributed by atoms with Crippen LogP contribution in [0.1, 0.15) is 245 Å². The minimum absolute atomic E-state index is 0. The fourth-order valence-electron chi connectivity index (χ4n) is 16.8. The van der Waals surface area contributed by atoms with Crippen LogP contribution in [0.15, 0.2) is 158 Å². The minimum Gasteiger partial charge on any atom is -0.497 e. The standard InChI is InChI=1S/C28H31NO4.C21H19ClO2.2C8H15NO.2C7H13NO2.C6H13N.C5H9NO.C4H8O2.2C4H8O.CH4/c1-21(30)29-19-7-10-25(29)20-33-28(22-8-5-4-6-9-22,23-11-15-26(31-2)16-12-23)24-13-17-27(32-3)18-14-24;1-23-19-12-8-17(9-13-19)21(22,16-6-4-3-5-7-16)18-10-14-20(24-2)15-11-18;2*1-3-8-5-4-6-9(8)7(2)10;2*1-6(10)8-4-2-3-7(8)5-9;1-2-6-4-3-5-7-6;7-4-5-2-1-3-6-5;1-3-6-4(2)5;2*1-2-4-5-3-1;/h4-6,8-9,11-18,25H,7,10,19-20H2,1-3H3;3-15H,1-2H3;2*8H,3-6H2,1-2H3;2*7,9H,2-5H2,1H3;6-7H,2-5H2,1H3;3,5,7H,1-2,4H2;3H2,1-2H3;2*1-4H2;1H4/p+1. The van der Waals surface area contributed by atoms with Gasteiger partial charge < -0.3 is 83.0 Å². The highest BCUT2D eigenvalue weighted by Gasteiger charge is 2.41. The monoisotopic (exact) mass is 1800 g/mol. The number of ether oxygens (including phenoxy) is 8. The van der Waals surface area contributed by atoms with Gasteiger partial charge in [0, 0.05) is 132 Å². The van der Waals surface area contributed by atoms with Crippen molar-refractivity contribution in [1.29, 1.82) is 0 Å². The second-order valence-corrected chi connectivity index (χ2v) is 33.2. The molecule has 8 fully saturated rings. The number of carbonyl (C=O) groups is 6. The van der Waals surface area contributed by atoms with E-state index in [1.165, 1.54) is 84.1 Å². The van der Waals surface area contributed by atoms with Crippen molar-refractivity contribution in [3.05, 3.63) is 191 Å². The Hall–Kier alpha value is -8.98.